The number of carbonyl (C=O) groups excluding carboxylic acids is 1. The second-order valence-corrected chi connectivity index (χ2v) is 8.48. The Morgan fingerprint density at radius 3 is 2.89 bits per heavy atom. The quantitative estimate of drug-likeness (QED) is 0.407. The number of aromatic nitrogens is 3. The molecule has 4 heterocycles. The number of carbonyl (C=O) groups is 1. The van der Waals surface area contributed by atoms with E-state index in [2.05, 4.69) is 15.7 Å². The third-order valence-corrected chi connectivity index (χ3v) is 6.24. The minimum Gasteiger partial charge on any atom is -0.482 e. The maximum absolute atomic E-state index is 14.6. The van der Waals surface area contributed by atoms with Crippen LogP contribution in [-0.4, -0.2) is 33.4 Å². The van der Waals surface area contributed by atoms with E-state index >= 15 is 0 Å². The second kappa shape index (κ2) is 8.20. The molecule has 0 saturated heterocycles. The third-order valence-electron chi connectivity index (χ3n) is 6.24. The summed E-state index contributed by atoms with van der Waals surface area (Å²) in [7, 11) is 0. The van der Waals surface area contributed by atoms with Gasteiger partial charge in [-0.05, 0) is 54.8 Å². The minimum atomic E-state index is -0.643. The molecule has 0 bridgehead atoms. The predicted molar refractivity (Wildman–Crippen MR) is 123 cm³/mol. The Morgan fingerprint density at radius 2 is 2.00 bits per heavy atom. The maximum Gasteiger partial charge on any atom is 0.441 e. The Balaban J connectivity index is 1.13. The lowest BCUT2D eigenvalue weighted by atomic mass is 10.1. The number of ether oxygens (including phenoxy) is 1. The molecule has 6 rings (SSSR count). The zero-order chi connectivity index (χ0) is 24.1. The number of nitrogens with one attached hydrogen (secondary N) is 2. The van der Waals surface area contributed by atoms with E-state index in [4.69, 9.17) is 9.15 Å². The van der Waals surface area contributed by atoms with Gasteiger partial charge in [-0.2, -0.15) is 4.68 Å². The summed E-state index contributed by atoms with van der Waals surface area (Å²) in [6.07, 6.45) is 0.958. The van der Waals surface area contributed by atoms with Crippen LogP contribution < -0.4 is 26.7 Å². The molecule has 0 fully saturated rings. The SMILES string of the molecule is O=C1COc2ccc(-n3nc(CCCN[C@H]4Cn5c(=O)ccc6ccc(F)c4c65)oc3=O)cc2N1. The number of pyridine rings is 1. The monoisotopic (exact) mass is 477 g/mol. The first kappa shape index (κ1) is 21.3. The number of benzene rings is 2. The number of rotatable bonds is 6. The van der Waals surface area contributed by atoms with Crippen LogP contribution in [0.1, 0.15) is 23.9 Å². The van der Waals surface area contributed by atoms with E-state index in [1.807, 2.05) is 0 Å². The molecule has 0 spiro atoms. The van der Waals surface area contributed by atoms with Gasteiger partial charge >= 0.3 is 5.76 Å². The van der Waals surface area contributed by atoms with Crippen molar-refractivity contribution < 1.29 is 18.3 Å². The van der Waals surface area contributed by atoms with E-state index in [-0.39, 0.29) is 35.8 Å². The molecule has 10 nitrogen and oxygen atoms in total. The van der Waals surface area contributed by atoms with Crippen LogP contribution in [0.3, 0.4) is 0 Å². The van der Waals surface area contributed by atoms with Gasteiger partial charge in [0.15, 0.2) is 6.61 Å². The lowest BCUT2D eigenvalue weighted by Crippen LogP contribution is -2.26. The summed E-state index contributed by atoms with van der Waals surface area (Å²) in [5.74, 6) is -0.492. The van der Waals surface area contributed by atoms with E-state index in [0.29, 0.717) is 54.1 Å². The molecule has 2 aromatic heterocycles. The van der Waals surface area contributed by atoms with Gasteiger partial charge in [0.05, 0.1) is 22.9 Å². The van der Waals surface area contributed by atoms with Crippen LogP contribution in [0.15, 0.2) is 56.5 Å². The molecule has 4 aromatic rings. The Kier molecular flexibility index (Phi) is 4.99. The highest BCUT2D eigenvalue weighted by Crippen LogP contribution is 2.33. The van der Waals surface area contributed by atoms with Crippen LogP contribution in [0.5, 0.6) is 5.75 Å². The molecular weight excluding hydrogens is 457 g/mol. The molecule has 1 atom stereocenters. The highest BCUT2D eigenvalue weighted by Gasteiger charge is 2.28. The molecule has 0 radical (unpaired) electrons. The average Bonchev–Trinajstić information content (AvgIpc) is 3.42. The molecule has 2 aliphatic heterocycles. The van der Waals surface area contributed by atoms with Crippen LogP contribution in [0.4, 0.5) is 10.1 Å². The van der Waals surface area contributed by atoms with E-state index in [9.17, 15) is 18.8 Å². The maximum atomic E-state index is 14.6. The van der Waals surface area contributed by atoms with Gasteiger partial charge in [-0.3, -0.25) is 9.59 Å². The fourth-order valence-corrected chi connectivity index (χ4v) is 4.65. The number of aryl methyl sites for hydroxylation is 1. The Labute approximate surface area is 196 Å². The van der Waals surface area contributed by atoms with Crippen molar-refractivity contribution in [2.75, 3.05) is 18.5 Å². The lowest BCUT2D eigenvalue weighted by Gasteiger charge is -2.18. The van der Waals surface area contributed by atoms with Crippen LogP contribution >= 0.6 is 0 Å². The summed E-state index contributed by atoms with van der Waals surface area (Å²) in [5.41, 5.74) is 1.86. The van der Waals surface area contributed by atoms with Crippen molar-refractivity contribution in [1.82, 2.24) is 19.7 Å². The fraction of sp³-hybridized carbons (Fsp3) is 0.250. The van der Waals surface area contributed by atoms with Gasteiger partial charge in [0.1, 0.15) is 11.6 Å². The first-order chi connectivity index (χ1) is 17.0. The molecule has 178 valence electrons. The summed E-state index contributed by atoms with van der Waals surface area (Å²) in [4.78, 5) is 36.1. The van der Waals surface area contributed by atoms with Crippen LogP contribution in [0, 0.1) is 5.82 Å². The summed E-state index contributed by atoms with van der Waals surface area (Å²) in [6, 6.07) is 10.9. The highest BCUT2D eigenvalue weighted by atomic mass is 19.1. The number of hydrogen-bond acceptors (Lipinski definition) is 7. The van der Waals surface area contributed by atoms with Gasteiger partial charge in [0, 0.05) is 24.6 Å². The van der Waals surface area contributed by atoms with E-state index < -0.39 is 5.76 Å². The molecule has 2 N–H and O–H groups in total. The molecule has 0 aliphatic carbocycles. The molecule has 2 aliphatic rings. The molecule has 0 saturated carbocycles. The van der Waals surface area contributed by atoms with Crippen LogP contribution in [0.25, 0.3) is 16.6 Å². The molecule has 2 aromatic carbocycles. The Bertz CT molecular complexity index is 1600. The van der Waals surface area contributed by atoms with Gasteiger partial charge in [-0.25, -0.2) is 9.18 Å². The van der Waals surface area contributed by atoms with Crippen molar-refractivity contribution in [3.05, 3.63) is 80.6 Å². The fourth-order valence-electron chi connectivity index (χ4n) is 4.65. The van der Waals surface area contributed by atoms with Crippen molar-refractivity contribution in [3.8, 4) is 11.4 Å². The molecule has 1 amide bonds. The number of anilines is 1. The van der Waals surface area contributed by atoms with Gasteiger partial charge in [-0.1, -0.05) is 0 Å². The summed E-state index contributed by atoms with van der Waals surface area (Å²) in [5, 5.41) is 11.1. The van der Waals surface area contributed by atoms with Gasteiger partial charge < -0.3 is 24.4 Å². The number of halogens is 1. The first-order valence-electron chi connectivity index (χ1n) is 11.2. The van der Waals surface area contributed by atoms with Crippen LogP contribution in [0.2, 0.25) is 0 Å². The lowest BCUT2D eigenvalue weighted by molar-refractivity contribution is -0.118. The number of nitrogens with zero attached hydrogens (tertiary/aromatic N) is 3. The molecule has 35 heavy (non-hydrogen) atoms. The molecule has 11 heteroatoms. The summed E-state index contributed by atoms with van der Waals surface area (Å²) < 4.78 is 27.9. The van der Waals surface area contributed by atoms with Gasteiger partial charge in [0.25, 0.3) is 11.5 Å². The molecular formula is C24H20FN5O5. The van der Waals surface area contributed by atoms with Gasteiger partial charge in [-0.15, -0.1) is 5.10 Å². The summed E-state index contributed by atoms with van der Waals surface area (Å²) in [6.45, 7) is 0.802. The van der Waals surface area contributed by atoms with Crippen molar-refractivity contribution in [2.24, 2.45) is 0 Å². The van der Waals surface area contributed by atoms with E-state index in [1.54, 1.807) is 34.9 Å². The van der Waals surface area contributed by atoms with Crippen molar-refractivity contribution in [2.45, 2.75) is 25.4 Å². The zero-order valence-electron chi connectivity index (χ0n) is 18.4. The Hall–Kier alpha value is -4.25. The number of hydrogen-bond donors (Lipinski definition) is 2. The zero-order valence-corrected chi connectivity index (χ0v) is 18.4. The first-order valence-corrected chi connectivity index (χ1v) is 11.2. The van der Waals surface area contributed by atoms with Crippen molar-refractivity contribution >= 4 is 22.5 Å². The van der Waals surface area contributed by atoms with Gasteiger partial charge in [0.2, 0.25) is 5.89 Å². The van der Waals surface area contributed by atoms with Crippen molar-refractivity contribution in [1.29, 1.82) is 0 Å². The predicted octanol–water partition coefficient (Wildman–Crippen LogP) is 1.89. The average molecular weight is 477 g/mol. The van der Waals surface area contributed by atoms with Crippen molar-refractivity contribution in [3.63, 3.8) is 0 Å². The largest absolute Gasteiger partial charge is 0.482 e. The standard InChI is InChI=1S/C24H20FN5O5/c25-15-6-3-13-4-8-21(32)29-11-17(22(15)23(13)29)26-9-1-2-20-28-30(24(33)35-20)14-5-7-18-16(10-14)27-19(31)12-34-18/h3-8,10,17,26H,1-2,9,11-12H2,(H,27,31)/t17-/m0/s1. The van der Waals surface area contributed by atoms with Crippen LogP contribution in [-0.2, 0) is 17.8 Å². The number of fused-ring (bicyclic) bond motifs is 1. The second-order valence-electron chi connectivity index (χ2n) is 8.48. The number of amides is 1. The van der Waals surface area contributed by atoms with E-state index in [0.717, 1.165) is 10.1 Å². The molecule has 0 unspecified atom stereocenters. The van der Waals surface area contributed by atoms with E-state index in [1.165, 1.54) is 12.1 Å². The normalized spacial score (nSPS) is 16.3. The smallest absolute Gasteiger partial charge is 0.441 e. The Morgan fingerprint density at radius 1 is 1.14 bits per heavy atom. The minimum absolute atomic E-state index is 0.0556. The third kappa shape index (κ3) is 3.69. The summed E-state index contributed by atoms with van der Waals surface area (Å²) >= 11 is 0. The topological polar surface area (TPSA) is 120 Å². The highest BCUT2D eigenvalue weighted by molar-refractivity contribution is 5.95.